The van der Waals surface area contributed by atoms with E-state index in [1.807, 2.05) is 12.1 Å². The van der Waals surface area contributed by atoms with Crippen LogP contribution >= 0.6 is 0 Å². The molecule has 0 radical (unpaired) electrons. The summed E-state index contributed by atoms with van der Waals surface area (Å²) in [5.74, 6) is 0.847. The Kier molecular flexibility index (Phi) is 7.56. The molecule has 0 bridgehead atoms. The first kappa shape index (κ1) is 18.0. The molecule has 23 heavy (non-hydrogen) atoms. The van der Waals surface area contributed by atoms with Gasteiger partial charge in [-0.2, -0.15) is 0 Å². The van der Waals surface area contributed by atoms with Crippen molar-refractivity contribution in [1.82, 2.24) is 10.2 Å². The van der Waals surface area contributed by atoms with Crippen molar-refractivity contribution in [3.8, 4) is 0 Å². The van der Waals surface area contributed by atoms with Gasteiger partial charge in [0.25, 0.3) is 0 Å². The summed E-state index contributed by atoms with van der Waals surface area (Å²) >= 11 is 0. The van der Waals surface area contributed by atoms with E-state index in [0.717, 1.165) is 44.8 Å². The Labute approximate surface area is 140 Å². The molecule has 1 saturated heterocycles. The average Bonchev–Trinajstić information content (AvgIpc) is 2.59. The predicted octanol–water partition coefficient (Wildman–Crippen LogP) is 3.25. The molecule has 1 amide bonds. The van der Waals surface area contributed by atoms with Gasteiger partial charge in [0.05, 0.1) is 0 Å². The summed E-state index contributed by atoms with van der Waals surface area (Å²) in [6, 6.07) is 8.24. The first-order valence-corrected chi connectivity index (χ1v) is 9.03. The first-order chi connectivity index (χ1) is 11.2. The van der Waals surface area contributed by atoms with Gasteiger partial charge in [-0.05, 0) is 69.1 Å². The van der Waals surface area contributed by atoms with Crippen molar-refractivity contribution in [3.63, 3.8) is 0 Å². The highest BCUT2D eigenvalue weighted by atomic mass is 16.1. The Morgan fingerprint density at radius 2 is 2.00 bits per heavy atom. The van der Waals surface area contributed by atoms with Crippen molar-refractivity contribution >= 4 is 11.6 Å². The van der Waals surface area contributed by atoms with Crippen molar-refractivity contribution in [1.29, 1.82) is 0 Å². The maximum atomic E-state index is 12.2. The van der Waals surface area contributed by atoms with E-state index in [1.54, 1.807) is 0 Å². The first-order valence-electron chi connectivity index (χ1n) is 9.03. The molecular weight excluding hydrogens is 286 g/mol. The zero-order valence-electron chi connectivity index (χ0n) is 14.6. The van der Waals surface area contributed by atoms with Crippen molar-refractivity contribution in [3.05, 3.63) is 29.8 Å². The van der Waals surface area contributed by atoms with Gasteiger partial charge in [-0.1, -0.05) is 26.0 Å². The van der Waals surface area contributed by atoms with Gasteiger partial charge in [0.1, 0.15) is 0 Å². The summed E-state index contributed by atoms with van der Waals surface area (Å²) in [4.78, 5) is 14.5. The van der Waals surface area contributed by atoms with Gasteiger partial charge in [-0.15, -0.1) is 0 Å². The SMILES string of the molecule is CCN(CC)Cc1cccc(NC(=O)CCC2CCNCC2)c1. The molecule has 1 aromatic carbocycles. The lowest BCUT2D eigenvalue weighted by Crippen LogP contribution is -2.28. The molecule has 1 aromatic rings. The summed E-state index contributed by atoms with van der Waals surface area (Å²) in [6.45, 7) is 9.57. The van der Waals surface area contributed by atoms with Gasteiger partial charge in [0, 0.05) is 18.7 Å². The van der Waals surface area contributed by atoms with Crippen LogP contribution in [0, 0.1) is 5.92 Å². The molecule has 1 heterocycles. The summed E-state index contributed by atoms with van der Waals surface area (Å²) in [5, 5.41) is 6.43. The van der Waals surface area contributed by atoms with Gasteiger partial charge in [-0.25, -0.2) is 0 Å². The predicted molar refractivity (Wildman–Crippen MR) is 96.5 cm³/mol. The van der Waals surface area contributed by atoms with E-state index >= 15 is 0 Å². The monoisotopic (exact) mass is 317 g/mol. The van der Waals surface area contributed by atoms with Gasteiger partial charge in [-0.3, -0.25) is 9.69 Å². The molecule has 0 saturated carbocycles. The number of anilines is 1. The van der Waals surface area contributed by atoms with Gasteiger partial charge in [0.2, 0.25) is 5.91 Å². The topological polar surface area (TPSA) is 44.4 Å². The number of carbonyl (C=O) groups is 1. The molecule has 1 fully saturated rings. The van der Waals surface area contributed by atoms with E-state index in [-0.39, 0.29) is 5.91 Å². The van der Waals surface area contributed by atoms with Crippen molar-refractivity contribution in [2.45, 2.75) is 46.1 Å². The molecule has 128 valence electrons. The summed E-state index contributed by atoms with van der Waals surface area (Å²) < 4.78 is 0. The molecule has 0 aromatic heterocycles. The van der Waals surface area contributed by atoms with E-state index in [4.69, 9.17) is 0 Å². The highest BCUT2D eigenvalue weighted by molar-refractivity contribution is 5.90. The molecular formula is C19H31N3O. The van der Waals surface area contributed by atoms with E-state index in [1.165, 1.54) is 18.4 Å². The van der Waals surface area contributed by atoms with Crippen LogP contribution in [0.1, 0.15) is 45.1 Å². The minimum atomic E-state index is 0.142. The molecule has 0 unspecified atom stereocenters. The molecule has 2 rings (SSSR count). The molecule has 1 aliphatic rings. The van der Waals surface area contributed by atoms with Crippen LogP contribution in [0.3, 0.4) is 0 Å². The van der Waals surface area contributed by atoms with Crippen LogP contribution in [0.25, 0.3) is 0 Å². The zero-order valence-corrected chi connectivity index (χ0v) is 14.6. The number of benzene rings is 1. The zero-order chi connectivity index (χ0) is 16.5. The lowest BCUT2D eigenvalue weighted by molar-refractivity contribution is -0.116. The molecule has 4 heteroatoms. The minimum Gasteiger partial charge on any atom is -0.326 e. The van der Waals surface area contributed by atoms with Crippen LogP contribution in [0.15, 0.2) is 24.3 Å². The maximum absolute atomic E-state index is 12.2. The Morgan fingerprint density at radius 3 is 2.70 bits per heavy atom. The van der Waals surface area contributed by atoms with Gasteiger partial charge in [0.15, 0.2) is 0 Å². The molecule has 1 aliphatic heterocycles. The second kappa shape index (κ2) is 9.68. The van der Waals surface area contributed by atoms with E-state index in [9.17, 15) is 4.79 Å². The third kappa shape index (κ3) is 6.32. The van der Waals surface area contributed by atoms with Crippen molar-refractivity contribution < 1.29 is 4.79 Å². The third-order valence-corrected chi connectivity index (χ3v) is 4.75. The van der Waals surface area contributed by atoms with Crippen LogP contribution in [0.2, 0.25) is 0 Å². The minimum absolute atomic E-state index is 0.142. The molecule has 0 atom stereocenters. The lowest BCUT2D eigenvalue weighted by Gasteiger charge is -2.22. The van der Waals surface area contributed by atoms with Crippen LogP contribution in [0.5, 0.6) is 0 Å². The summed E-state index contributed by atoms with van der Waals surface area (Å²) in [6.07, 6.45) is 4.04. The standard InChI is InChI=1S/C19H31N3O/c1-3-22(4-2)15-17-6-5-7-18(14-17)21-19(23)9-8-16-10-12-20-13-11-16/h5-7,14,16,20H,3-4,8-13,15H2,1-2H3,(H,21,23). The number of carbonyl (C=O) groups excluding carboxylic acids is 1. The number of hydrogen-bond donors (Lipinski definition) is 2. The lowest BCUT2D eigenvalue weighted by atomic mass is 9.93. The van der Waals surface area contributed by atoms with Crippen LogP contribution in [-0.4, -0.2) is 37.0 Å². The number of piperidine rings is 1. The Hall–Kier alpha value is -1.39. The van der Waals surface area contributed by atoms with Crippen molar-refractivity contribution in [2.24, 2.45) is 5.92 Å². The summed E-state index contributed by atoms with van der Waals surface area (Å²) in [5.41, 5.74) is 2.18. The van der Waals surface area contributed by atoms with Gasteiger partial charge < -0.3 is 10.6 Å². The number of hydrogen-bond acceptors (Lipinski definition) is 3. The number of nitrogens with one attached hydrogen (secondary N) is 2. The number of amides is 1. The maximum Gasteiger partial charge on any atom is 0.224 e. The fraction of sp³-hybridized carbons (Fsp3) is 0.632. The smallest absolute Gasteiger partial charge is 0.224 e. The summed E-state index contributed by atoms with van der Waals surface area (Å²) in [7, 11) is 0. The average molecular weight is 317 g/mol. The van der Waals surface area contributed by atoms with E-state index in [2.05, 4.69) is 41.5 Å². The molecule has 0 spiro atoms. The quantitative estimate of drug-likeness (QED) is 0.773. The Morgan fingerprint density at radius 1 is 1.26 bits per heavy atom. The van der Waals surface area contributed by atoms with E-state index < -0.39 is 0 Å². The van der Waals surface area contributed by atoms with Crippen LogP contribution in [0.4, 0.5) is 5.69 Å². The van der Waals surface area contributed by atoms with E-state index in [0.29, 0.717) is 12.3 Å². The number of nitrogens with zero attached hydrogens (tertiary/aromatic N) is 1. The largest absolute Gasteiger partial charge is 0.326 e. The third-order valence-electron chi connectivity index (χ3n) is 4.75. The molecule has 4 nitrogen and oxygen atoms in total. The van der Waals surface area contributed by atoms with Crippen LogP contribution in [-0.2, 0) is 11.3 Å². The second-order valence-corrected chi connectivity index (χ2v) is 6.44. The molecule has 0 aliphatic carbocycles. The Balaban J connectivity index is 1.80. The fourth-order valence-electron chi connectivity index (χ4n) is 3.18. The normalized spacial score (nSPS) is 15.8. The number of rotatable bonds is 8. The van der Waals surface area contributed by atoms with Crippen molar-refractivity contribution in [2.75, 3.05) is 31.5 Å². The van der Waals surface area contributed by atoms with Crippen LogP contribution < -0.4 is 10.6 Å². The highest BCUT2D eigenvalue weighted by Crippen LogP contribution is 2.19. The molecule has 2 N–H and O–H groups in total. The fourth-order valence-corrected chi connectivity index (χ4v) is 3.18. The highest BCUT2D eigenvalue weighted by Gasteiger charge is 2.14. The van der Waals surface area contributed by atoms with Gasteiger partial charge >= 0.3 is 0 Å². The second-order valence-electron chi connectivity index (χ2n) is 6.44. The Bertz CT molecular complexity index is 479.